The molecular weight excluding hydrogens is 262 g/mol. The molecule has 1 aromatic rings. The van der Waals surface area contributed by atoms with Crippen LogP contribution >= 0.6 is 0 Å². The quantitative estimate of drug-likeness (QED) is 0.790. The fourth-order valence-electron chi connectivity index (χ4n) is 2.59. The van der Waals surface area contributed by atoms with Crippen LogP contribution in [0.3, 0.4) is 0 Å². The topological polar surface area (TPSA) is 44.4 Å². The number of carbonyl (C=O) groups excluding carboxylic acids is 1. The Hall–Kier alpha value is -1.81. The largest absolute Gasteiger partial charge is 0.381 e. The summed E-state index contributed by atoms with van der Waals surface area (Å²) >= 11 is 0. The van der Waals surface area contributed by atoms with Crippen LogP contribution in [-0.4, -0.2) is 42.5 Å². The summed E-state index contributed by atoms with van der Waals surface area (Å²) < 4.78 is 0. The van der Waals surface area contributed by atoms with E-state index >= 15 is 0 Å². The van der Waals surface area contributed by atoms with E-state index in [1.807, 2.05) is 24.3 Å². The molecule has 1 saturated heterocycles. The molecule has 1 amide bonds. The highest BCUT2D eigenvalue weighted by atomic mass is 16.1. The van der Waals surface area contributed by atoms with Crippen LogP contribution in [0.15, 0.2) is 36.9 Å². The average molecular weight is 287 g/mol. The maximum Gasteiger partial charge on any atom is 0.251 e. The minimum Gasteiger partial charge on any atom is -0.381 e. The van der Waals surface area contributed by atoms with Crippen LogP contribution in [0.4, 0.5) is 5.69 Å². The number of hydrogen-bond donors (Lipinski definition) is 2. The molecule has 1 aromatic carbocycles. The number of benzene rings is 1. The Kier molecular flexibility index (Phi) is 5.39. The van der Waals surface area contributed by atoms with Gasteiger partial charge >= 0.3 is 0 Å². The van der Waals surface area contributed by atoms with Crippen molar-refractivity contribution in [1.82, 2.24) is 10.2 Å². The minimum absolute atomic E-state index is 0.0618. The van der Waals surface area contributed by atoms with Crippen molar-refractivity contribution in [2.24, 2.45) is 0 Å². The summed E-state index contributed by atoms with van der Waals surface area (Å²) in [5.74, 6) is -0.0618. The van der Waals surface area contributed by atoms with Crippen LogP contribution in [0, 0.1) is 0 Å². The molecular formula is C17H25N3O. The number of rotatable bonds is 6. The van der Waals surface area contributed by atoms with E-state index < -0.39 is 0 Å². The highest BCUT2D eigenvalue weighted by molar-refractivity contribution is 5.94. The second-order valence-corrected chi connectivity index (χ2v) is 5.79. The van der Waals surface area contributed by atoms with Crippen molar-refractivity contribution in [3.63, 3.8) is 0 Å². The predicted molar refractivity (Wildman–Crippen MR) is 87.7 cm³/mol. The van der Waals surface area contributed by atoms with Gasteiger partial charge in [-0.3, -0.25) is 9.69 Å². The number of carbonyl (C=O) groups is 1. The molecule has 0 radical (unpaired) electrons. The van der Waals surface area contributed by atoms with E-state index in [0.29, 0.717) is 24.2 Å². The summed E-state index contributed by atoms with van der Waals surface area (Å²) in [6, 6.07) is 8.76. The summed E-state index contributed by atoms with van der Waals surface area (Å²) in [6.45, 7) is 10.8. The first kappa shape index (κ1) is 15.6. The molecule has 1 unspecified atom stereocenters. The van der Waals surface area contributed by atoms with Gasteiger partial charge in [0.1, 0.15) is 0 Å². The van der Waals surface area contributed by atoms with E-state index in [2.05, 4.69) is 36.0 Å². The molecule has 114 valence electrons. The molecule has 0 bridgehead atoms. The molecule has 1 atom stereocenters. The van der Waals surface area contributed by atoms with Crippen molar-refractivity contribution in [3.8, 4) is 0 Å². The average Bonchev–Trinajstić information content (AvgIpc) is 2.94. The number of nitrogens with one attached hydrogen (secondary N) is 2. The first-order valence-electron chi connectivity index (χ1n) is 7.60. The van der Waals surface area contributed by atoms with Crippen LogP contribution < -0.4 is 10.6 Å². The third-order valence-electron chi connectivity index (χ3n) is 3.87. The van der Waals surface area contributed by atoms with Gasteiger partial charge in [0.15, 0.2) is 0 Å². The molecule has 4 nitrogen and oxygen atoms in total. The molecule has 21 heavy (non-hydrogen) atoms. The van der Waals surface area contributed by atoms with Crippen LogP contribution in [0.5, 0.6) is 0 Å². The molecule has 0 aliphatic carbocycles. The molecule has 1 aliphatic heterocycles. The maximum absolute atomic E-state index is 11.8. The van der Waals surface area contributed by atoms with Gasteiger partial charge in [0, 0.05) is 43.0 Å². The van der Waals surface area contributed by atoms with E-state index in [1.54, 1.807) is 6.08 Å². The Bertz CT molecular complexity index is 481. The normalized spacial score (nSPS) is 18.7. The first-order valence-corrected chi connectivity index (χ1v) is 7.60. The second kappa shape index (κ2) is 7.27. The van der Waals surface area contributed by atoms with Crippen molar-refractivity contribution >= 4 is 11.6 Å². The molecule has 0 spiro atoms. The summed E-state index contributed by atoms with van der Waals surface area (Å²) in [7, 11) is 0. The van der Waals surface area contributed by atoms with Gasteiger partial charge in [-0.1, -0.05) is 6.08 Å². The van der Waals surface area contributed by atoms with Crippen molar-refractivity contribution in [1.29, 1.82) is 0 Å². The van der Waals surface area contributed by atoms with Gasteiger partial charge in [0.05, 0.1) is 0 Å². The maximum atomic E-state index is 11.8. The zero-order valence-electron chi connectivity index (χ0n) is 12.9. The molecule has 2 N–H and O–H groups in total. The monoisotopic (exact) mass is 287 g/mol. The number of amides is 1. The molecule has 0 aromatic heterocycles. The SMILES string of the molecule is C=CCNC(=O)c1ccc(NC2CCN(C(C)C)C2)cc1. The number of likely N-dealkylation sites (tertiary alicyclic amines) is 1. The van der Waals surface area contributed by atoms with E-state index in [-0.39, 0.29) is 5.91 Å². The van der Waals surface area contributed by atoms with Crippen LogP contribution in [0.2, 0.25) is 0 Å². The third kappa shape index (κ3) is 4.33. The lowest BCUT2D eigenvalue weighted by atomic mass is 10.1. The van der Waals surface area contributed by atoms with Gasteiger partial charge < -0.3 is 10.6 Å². The zero-order valence-corrected chi connectivity index (χ0v) is 12.9. The minimum atomic E-state index is -0.0618. The van der Waals surface area contributed by atoms with Crippen molar-refractivity contribution in [2.75, 3.05) is 25.0 Å². The van der Waals surface area contributed by atoms with Crippen LogP contribution in [0.25, 0.3) is 0 Å². The lowest BCUT2D eigenvalue weighted by Crippen LogP contribution is -2.31. The molecule has 2 rings (SSSR count). The van der Waals surface area contributed by atoms with E-state index in [0.717, 1.165) is 18.8 Å². The Morgan fingerprint density at radius 2 is 2.14 bits per heavy atom. The van der Waals surface area contributed by atoms with Crippen molar-refractivity contribution < 1.29 is 4.79 Å². The predicted octanol–water partition coefficient (Wildman–Crippen LogP) is 2.50. The number of nitrogens with zero attached hydrogens (tertiary/aromatic N) is 1. The van der Waals surface area contributed by atoms with Gasteiger partial charge in [-0.05, 0) is 44.5 Å². The molecule has 1 aliphatic rings. The van der Waals surface area contributed by atoms with Gasteiger partial charge in [-0.15, -0.1) is 6.58 Å². The number of hydrogen-bond acceptors (Lipinski definition) is 3. The summed E-state index contributed by atoms with van der Waals surface area (Å²) in [6.07, 6.45) is 2.84. The molecule has 1 heterocycles. The highest BCUT2D eigenvalue weighted by Gasteiger charge is 2.23. The third-order valence-corrected chi connectivity index (χ3v) is 3.87. The van der Waals surface area contributed by atoms with E-state index in [1.165, 1.54) is 6.42 Å². The van der Waals surface area contributed by atoms with Crippen LogP contribution in [0.1, 0.15) is 30.6 Å². The van der Waals surface area contributed by atoms with Gasteiger partial charge in [0.25, 0.3) is 5.91 Å². The van der Waals surface area contributed by atoms with E-state index in [4.69, 9.17) is 0 Å². The van der Waals surface area contributed by atoms with E-state index in [9.17, 15) is 4.79 Å². The van der Waals surface area contributed by atoms with Gasteiger partial charge in [0.2, 0.25) is 0 Å². The Morgan fingerprint density at radius 3 is 2.71 bits per heavy atom. The van der Waals surface area contributed by atoms with Gasteiger partial charge in [-0.25, -0.2) is 0 Å². The van der Waals surface area contributed by atoms with Crippen LogP contribution in [-0.2, 0) is 0 Å². The standard InChI is InChI=1S/C17H25N3O/c1-4-10-18-17(21)14-5-7-15(8-6-14)19-16-9-11-20(12-16)13(2)3/h4-8,13,16,19H,1,9-12H2,2-3H3,(H,18,21). The summed E-state index contributed by atoms with van der Waals surface area (Å²) in [4.78, 5) is 14.3. The summed E-state index contributed by atoms with van der Waals surface area (Å²) in [5.41, 5.74) is 1.75. The molecule has 0 saturated carbocycles. The first-order chi connectivity index (χ1) is 10.1. The Morgan fingerprint density at radius 1 is 1.43 bits per heavy atom. The Balaban J connectivity index is 1.88. The lowest BCUT2D eigenvalue weighted by Gasteiger charge is -2.20. The molecule has 4 heteroatoms. The summed E-state index contributed by atoms with van der Waals surface area (Å²) in [5, 5.41) is 6.32. The Labute approximate surface area is 127 Å². The fraction of sp³-hybridized carbons (Fsp3) is 0.471. The second-order valence-electron chi connectivity index (χ2n) is 5.79. The zero-order chi connectivity index (χ0) is 15.2. The number of anilines is 1. The van der Waals surface area contributed by atoms with Crippen molar-refractivity contribution in [3.05, 3.63) is 42.5 Å². The van der Waals surface area contributed by atoms with Crippen molar-refractivity contribution in [2.45, 2.75) is 32.4 Å². The highest BCUT2D eigenvalue weighted by Crippen LogP contribution is 2.18. The molecule has 1 fully saturated rings. The smallest absolute Gasteiger partial charge is 0.251 e. The lowest BCUT2D eigenvalue weighted by molar-refractivity contribution is 0.0958. The fourth-order valence-corrected chi connectivity index (χ4v) is 2.59. The van der Waals surface area contributed by atoms with Gasteiger partial charge in [-0.2, -0.15) is 0 Å².